The van der Waals surface area contributed by atoms with Crippen LogP contribution in [-0.2, 0) is 5.41 Å². The van der Waals surface area contributed by atoms with Gasteiger partial charge in [-0.2, -0.15) is 0 Å². The van der Waals surface area contributed by atoms with Crippen LogP contribution in [0.5, 0.6) is 0 Å². The fourth-order valence-corrected chi connectivity index (χ4v) is 6.41. The molecule has 0 radical (unpaired) electrons. The summed E-state index contributed by atoms with van der Waals surface area (Å²) < 4.78 is 25.6. The molecule has 0 aliphatic rings. The van der Waals surface area contributed by atoms with Gasteiger partial charge in [0.15, 0.2) is 21.7 Å². The highest BCUT2D eigenvalue weighted by Crippen LogP contribution is 2.44. The standard InChI is InChI=1S/C40H26O8/c1-40(38-20-30(43)25-12-4-8-16-34(25)47-38,39-21-31(44)26-13-5-9-17-35(26)48-39)22-27(36-18-28(41)23-10-2-6-14-32(23)45-36)37-19-29(42)24-11-3-7-15-33(24)46-37/h2-21,27H,22H2,1H3. The molecule has 0 fully saturated rings. The minimum absolute atomic E-state index is 0.00186. The Morgan fingerprint density at radius 2 is 0.771 bits per heavy atom. The Hall–Kier alpha value is -6.28. The molecule has 4 aromatic carbocycles. The third-order valence-corrected chi connectivity index (χ3v) is 8.96. The average molecular weight is 635 g/mol. The molecule has 0 saturated heterocycles. The van der Waals surface area contributed by atoms with Crippen molar-refractivity contribution >= 4 is 43.9 Å². The van der Waals surface area contributed by atoms with E-state index in [1.807, 2.05) is 0 Å². The van der Waals surface area contributed by atoms with Crippen molar-refractivity contribution in [3.05, 3.63) is 185 Å². The summed E-state index contributed by atoms with van der Waals surface area (Å²) in [5.74, 6) is -0.0378. The summed E-state index contributed by atoms with van der Waals surface area (Å²) in [6.45, 7) is 1.79. The van der Waals surface area contributed by atoms with Crippen LogP contribution in [0.15, 0.2) is 158 Å². The first-order valence-corrected chi connectivity index (χ1v) is 15.4. The molecular formula is C40H26O8. The normalized spacial score (nSPS) is 12.0. The monoisotopic (exact) mass is 634 g/mol. The molecule has 4 aromatic heterocycles. The average Bonchev–Trinajstić information content (AvgIpc) is 3.10. The lowest BCUT2D eigenvalue weighted by molar-refractivity contribution is 0.302. The van der Waals surface area contributed by atoms with Gasteiger partial charge < -0.3 is 17.7 Å². The molecular weight excluding hydrogens is 608 g/mol. The van der Waals surface area contributed by atoms with Crippen molar-refractivity contribution in [3.63, 3.8) is 0 Å². The molecule has 0 amide bonds. The van der Waals surface area contributed by atoms with E-state index in [2.05, 4.69) is 0 Å². The molecule has 0 N–H and O–H groups in total. The largest absolute Gasteiger partial charge is 0.460 e. The zero-order chi connectivity index (χ0) is 33.0. The Kier molecular flexibility index (Phi) is 6.80. The minimum atomic E-state index is -1.34. The molecule has 8 heteroatoms. The third-order valence-electron chi connectivity index (χ3n) is 8.96. The fraction of sp³-hybridized carbons (Fsp3) is 0.100. The van der Waals surface area contributed by atoms with Crippen LogP contribution in [-0.4, -0.2) is 0 Å². The van der Waals surface area contributed by atoms with E-state index in [1.165, 1.54) is 24.3 Å². The molecule has 0 atom stereocenters. The molecule has 0 bridgehead atoms. The van der Waals surface area contributed by atoms with E-state index in [4.69, 9.17) is 17.7 Å². The fourth-order valence-electron chi connectivity index (χ4n) is 6.41. The number of fused-ring (bicyclic) bond motifs is 4. The van der Waals surface area contributed by atoms with Gasteiger partial charge in [-0.3, -0.25) is 19.2 Å². The van der Waals surface area contributed by atoms with Crippen LogP contribution in [0.25, 0.3) is 43.9 Å². The topological polar surface area (TPSA) is 121 Å². The van der Waals surface area contributed by atoms with Gasteiger partial charge in [-0.05, 0) is 61.9 Å². The van der Waals surface area contributed by atoms with E-state index in [1.54, 1.807) is 104 Å². The summed E-state index contributed by atoms with van der Waals surface area (Å²) in [7, 11) is 0. The maximum absolute atomic E-state index is 13.5. The van der Waals surface area contributed by atoms with Gasteiger partial charge in [0.05, 0.1) is 32.9 Å². The van der Waals surface area contributed by atoms with Crippen molar-refractivity contribution < 1.29 is 17.7 Å². The molecule has 0 unspecified atom stereocenters. The highest BCUT2D eigenvalue weighted by molar-refractivity contribution is 5.79. The number of para-hydroxylation sites is 4. The van der Waals surface area contributed by atoms with Crippen LogP contribution < -0.4 is 21.7 Å². The van der Waals surface area contributed by atoms with Crippen LogP contribution in [0.4, 0.5) is 0 Å². The Morgan fingerprint density at radius 1 is 0.458 bits per heavy atom. The molecule has 8 nitrogen and oxygen atoms in total. The highest BCUT2D eigenvalue weighted by Gasteiger charge is 2.41. The van der Waals surface area contributed by atoms with Crippen LogP contribution >= 0.6 is 0 Å². The van der Waals surface area contributed by atoms with Gasteiger partial charge in [0.25, 0.3) is 0 Å². The maximum atomic E-state index is 13.5. The lowest BCUT2D eigenvalue weighted by Crippen LogP contribution is -2.30. The van der Waals surface area contributed by atoms with Crippen LogP contribution in [0.2, 0.25) is 0 Å². The van der Waals surface area contributed by atoms with Crippen molar-refractivity contribution in [1.29, 1.82) is 0 Å². The Bertz CT molecular complexity index is 2600. The Labute approximate surface area is 271 Å². The van der Waals surface area contributed by atoms with Gasteiger partial charge in [-0.1, -0.05) is 48.5 Å². The van der Waals surface area contributed by atoms with Crippen molar-refractivity contribution in [1.82, 2.24) is 0 Å². The number of hydrogen-bond acceptors (Lipinski definition) is 8. The third kappa shape index (κ3) is 4.86. The van der Waals surface area contributed by atoms with E-state index in [0.717, 1.165) is 0 Å². The van der Waals surface area contributed by atoms with Crippen molar-refractivity contribution in [2.24, 2.45) is 0 Å². The van der Waals surface area contributed by atoms with Crippen LogP contribution in [0, 0.1) is 0 Å². The first kappa shape index (κ1) is 29.1. The molecule has 0 aliphatic carbocycles. The van der Waals surface area contributed by atoms with E-state index in [0.29, 0.717) is 43.9 Å². The lowest BCUT2D eigenvalue weighted by Gasteiger charge is -2.31. The van der Waals surface area contributed by atoms with Gasteiger partial charge >= 0.3 is 0 Å². The van der Waals surface area contributed by atoms with Gasteiger partial charge in [0.2, 0.25) is 0 Å². The summed E-state index contributed by atoms with van der Waals surface area (Å²) in [5, 5.41) is 1.56. The van der Waals surface area contributed by atoms with Crippen molar-refractivity contribution in [2.45, 2.75) is 24.7 Å². The van der Waals surface area contributed by atoms with Crippen LogP contribution in [0.3, 0.4) is 0 Å². The summed E-state index contributed by atoms with van der Waals surface area (Å²) in [6.07, 6.45) is -0.00186. The number of hydrogen-bond donors (Lipinski definition) is 0. The molecule has 48 heavy (non-hydrogen) atoms. The highest BCUT2D eigenvalue weighted by atomic mass is 16.4. The summed E-state index contributed by atoms with van der Waals surface area (Å²) in [6, 6.07) is 33.1. The zero-order valence-corrected chi connectivity index (χ0v) is 25.6. The Morgan fingerprint density at radius 3 is 1.15 bits per heavy atom. The smallest absolute Gasteiger partial charge is 0.192 e. The lowest BCUT2D eigenvalue weighted by atomic mass is 9.74. The second-order valence-corrected chi connectivity index (χ2v) is 12.0. The summed E-state index contributed by atoms with van der Waals surface area (Å²) in [4.78, 5) is 53.8. The molecule has 234 valence electrons. The molecule has 0 saturated carbocycles. The summed E-state index contributed by atoms with van der Waals surface area (Å²) >= 11 is 0. The second kappa shape index (κ2) is 11.2. The molecule has 0 spiro atoms. The Balaban J connectivity index is 1.43. The van der Waals surface area contributed by atoms with E-state index >= 15 is 0 Å². The maximum Gasteiger partial charge on any atom is 0.192 e. The first-order chi connectivity index (χ1) is 23.3. The zero-order valence-electron chi connectivity index (χ0n) is 25.6. The molecule has 8 rings (SSSR count). The molecule has 4 heterocycles. The SMILES string of the molecule is CC(CC(c1cc(=O)c2ccccc2o1)c1cc(=O)c2ccccc2o1)(c1cc(=O)c2ccccc2o1)c1cc(=O)c2ccccc2o1. The van der Waals surface area contributed by atoms with Gasteiger partial charge in [0, 0.05) is 24.3 Å². The summed E-state index contributed by atoms with van der Waals surface area (Å²) in [5.41, 5.74) is -1.08. The minimum Gasteiger partial charge on any atom is -0.460 e. The van der Waals surface area contributed by atoms with Crippen LogP contribution in [0.1, 0.15) is 42.3 Å². The first-order valence-electron chi connectivity index (χ1n) is 15.4. The predicted molar refractivity (Wildman–Crippen MR) is 183 cm³/mol. The molecule has 0 aliphatic heterocycles. The van der Waals surface area contributed by atoms with Crippen molar-refractivity contribution in [3.8, 4) is 0 Å². The van der Waals surface area contributed by atoms with Crippen molar-refractivity contribution in [2.75, 3.05) is 0 Å². The van der Waals surface area contributed by atoms with E-state index in [9.17, 15) is 19.2 Å². The number of rotatable bonds is 6. The second-order valence-electron chi connectivity index (χ2n) is 12.0. The van der Waals surface area contributed by atoms with Gasteiger partial charge in [0.1, 0.15) is 45.4 Å². The van der Waals surface area contributed by atoms with Gasteiger partial charge in [-0.25, -0.2) is 0 Å². The number of benzene rings is 4. The predicted octanol–water partition coefficient (Wildman–Crippen LogP) is 7.64. The molecule has 8 aromatic rings. The van der Waals surface area contributed by atoms with E-state index in [-0.39, 0.29) is 51.2 Å². The van der Waals surface area contributed by atoms with E-state index < -0.39 is 11.3 Å². The van der Waals surface area contributed by atoms with Gasteiger partial charge in [-0.15, -0.1) is 0 Å². The quantitative estimate of drug-likeness (QED) is 0.183.